The molecule has 0 N–H and O–H groups in total. The zero-order valence-electron chi connectivity index (χ0n) is 15.4. The molecule has 0 aliphatic carbocycles. The van der Waals surface area contributed by atoms with Gasteiger partial charge < -0.3 is 4.42 Å². The summed E-state index contributed by atoms with van der Waals surface area (Å²) in [5.41, 5.74) is 1.91. The predicted molar refractivity (Wildman–Crippen MR) is 110 cm³/mol. The van der Waals surface area contributed by atoms with Crippen LogP contribution in [0.15, 0.2) is 75.6 Å². The molecular weight excluding hydrogens is 408 g/mol. The zero-order chi connectivity index (χ0) is 20.7. The van der Waals surface area contributed by atoms with Crippen molar-refractivity contribution in [3.05, 3.63) is 94.3 Å². The molecule has 0 aliphatic heterocycles. The number of fused-ring (bicyclic) bond motifs is 1. The Bertz CT molecular complexity index is 1400. The van der Waals surface area contributed by atoms with Crippen molar-refractivity contribution < 1.29 is 13.2 Å². The van der Waals surface area contributed by atoms with Gasteiger partial charge in [-0.1, -0.05) is 12.1 Å². The summed E-state index contributed by atoms with van der Waals surface area (Å²) in [6.07, 6.45) is 2.99. The van der Waals surface area contributed by atoms with E-state index >= 15 is 0 Å². The third kappa shape index (κ3) is 3.31. The van der Waals surface area contributed by atoms with Crippen LogP contribution >= 0.6 is 11.3 Å². The van der Waals surface area contributed by atoms with Crippen molar-refractivity contribution in [3.8, 4) is 22.5 Å². The summed E-state index contributed by atoms with van der Waals surface area (Å²) in [6, 6.07) is 11.9. The van der Waals surface area contributed by atoms with Gasteiger partial charge in [0.25, 0.3) is 5.56 Å². The number of nitrogens with zero attached hydrogens (tertiary/aromatic N) is 3. The average molecular weight is 421 g/mol. The lowest BCUT2D eigenvalue weighted by atomic mass is 10.1. The van der Waals surface area contributed by atoms with Gasteiger partial charge in [0.1, 0.15) is 23.0 Å². The van der Waals surface area contributed by atoms with Gasteiger partial charge in [-0.15, -0.1) is 11.3 Å². The van der Waals surface area contributed by atoms with Crippen molar-refractivity contribution in [3.63, 3.8) is 0 Å². The highest BCUT2D eigenvalue weighted by molar-refractivity contribution is 7.17. The molecular formula is C22H13F2N3O2S. The lowest BCUT2D eigenvalue weighted by Gasteiger charge is -2.04. The van der Waals surface area contributed by atoms with E-state index in [0.29, 0.717) is 33.0 Å². The van der Waals surface area contributed by atoms with Crippen LogP contribution in [0, 0.1) is 11.6 Å². The maximum atomic E-state index is 13.3. The van der Waals surface area contributed by atoms with E-state index in [1.807, 2.05) is 5.38 Å². The fraction of sp³-hybridized carbons (Fsp3) is 0.0455. The van der Waals surface area contributed by atoms with Crippen molar-refractivity contribution in [2.24, 2.45) is 0 Å². The topological polar surface area (TPSA) is 60.9 Å². The number of oxazole rings is 1. The molecule has 3 heterocycles. The Morgan fingerprint density at radius 1 is 0.933 bits per heavy atom. The van der Waals surface area contributed by atoms with Gasteiger partial charge in [0, 0.05) is 16.5 Å². The van der Waals surface area contributed by atoms with E-state index in [4.69, 9.17) is 4.42 Å². The maximum absolute atomic E-state index is 13.3. The van der Waals surface area contributed by atoms with E-state index in [9.17, 15) is 13.6 Å². The second kappa shape index (κ2) is 7.31. The lowest BCUT2D eigenvalue weighted by molar-refractivity contribution is 0.484. The standard InChI is InChI=1S/C22H13F2N3O2S/c23-15-5-1-13(2-6-15)17-11-30-21-20(17)22(28)27(12-26-21)10-19-25-9-18(29-19)14-3-7-16(24)8-4-14/h1-9,11-12H,10H2. The SMILES string of the molecule is O=c1c2c(-c3ccc(F)cc3)csc2ncn1Cc1ncc(-c2ccc(F)cc2)o1. The highest BCUT2D eigenvalue weighted by Gasteiger charge is 2.15. The van der Waals surface area contributed by atoms with E-state index in [1.165, 1.54) is 52.7 Å². The molecule has 0 bridgehead atoms. The van der Waals surface area contributed by atoms with Crippen LogP contribution in [-0.2, 0) is 6.54 Å². The van der Waals surface area contributed by atoms with Gasteiger partial charge in [0.05, 0.1) is 17.9 Å². The zero-order valence-corrected chi connectivity index (χ0v) is 16.2. The molecule has 0 saturated heterocycles. The minimum atomic E-state index is -0.338. The van der Waals surface area contributed by atoms with Crippen molar-refractivity contribution in [2.75, 3.05) is 0 Å². The second-order valence-electron chi connectivity index (χ2n) is 6.64. The van der Waals surface area contributed by atoms with Gasteiger partial charge in [0.2, 0.25) is 5.89 Å². The maximum Gasteiger partial charge on any atom is 0.263 e. The molecule has 8 heteroatoms. The summed E-state index contributed by atoms with van der Waals surface area (Å²) >= 11 is 1.36. The average Bonchev–Trinajstić information content (AvgIpc) is 3.39. The molecule has 148 valence electrons. The normalized spacial score (nSPS) is 11.3. The molecule has 5 rings (SSSR count). The van der Waals surface area contributed by atoms with Crippen LogP contribution in [0.3, 0.4) is 0 Å². The van der Waals surface area contributed by atoms with E-state index in [2.05, 4.69) is 9.97 Å². The summed E-state index contributed by atoms with van der Waals surface area (Å²) in [6.45, 7) is 0.0989. The molecule has 0 unspecified atom stereocenters. The lowest BCUT2D eigenvalue weighted by Crippen LogP contribution is -2.21. The van der Waals surface area contributed by atoms with Crippen molar-refractivity contribution in [2.45, 2.75) is 6.54 Å². The Hall–Kier alpha value is -3.65. The number of thiophene rings is 1. The van der Waals surface area contributed by atoms with Gasteiger partial charge in [0.15, 0.2) is 5.76 Å². The van der Waals surface area contributed by atoms with Crippen LogP contribution in [0.5, 0.6) is 0 Å². The van der Waals surface area contributed by atoms with Crippen LogP contribution in [0.1, 0.15) is 5.89 Å². The first kappa shape index (κ1) is 18.4. The Balaban J connectivity index is 1.50. The molecule has 30 heavy (non-hydrogen) atoms. The van der Waals surface area contributed by atoms with Gasteiger partial charge in [-0.3, -0.25) is 9.36 Å². The summed E-state index contributed by atoms with van der Waals surface area (Å²) in [5.74, 6) is 0.137. The van der Waals surface area contributed by atoms with Crippen LogP contribution < -0.4 is 5.56 Å². The minimum absolute atomic E-state index is 0.0989. The van der Waals surface area contributed by atoms with E-state index < -0.39 is 0 Å². The second-order valence-corrected chi connectivity index (χ2v) is 7.50. The van der Waals surface area contributed by atoms with Crippen LogP contribution in [0.25, 0.3) is 32.7 Å². The minimum Gasteiger partial charge on any atom is -0.439 e. The van der Waals surface area contributed by atoms with Gasteiger partial charge in [-0.25, -0.2) is 18.7 Å². The van der Waals surface area contributed by atoms with Crippen molar-refractivity contribution in [1.82, 2.24) is 14.5 Å². The van der Waals surface area contributed by atoms with Crippen LogP contribution in [-0.4, -0.2) is 14.5 Å². The molecule has 2 aromatic carbocycles. The van der Waals surface area contributed by atoms with Gasteiger partial charge >= 0.3 is 0 Å². The third-order valence-corrected chi connectivity index (χ3v) is 5.59. The summed E-state index contributed by atoms with van der Waals surface area (Å²) < 4.78 is 33.5. The fourth-order valence-electron chi connectivity index (χ4n) is 3.20. The summed E-state index contributed by atoms with van der Waals surface area (Å²) in [7, 11) is 0. The smallest absolute Gasteiger partial charge is 0.263 e. The van der Waals surface area contributed by atoms with Crippen molar-refractivity contribution in [1.29, 1.82) is 0 Å². The number of aromatic nitrogens is 3. The first-order valence-corrected chi connectivity index (χ1v) is 9.90. The molecule has 0 radical (unpaired) electrons. The molecule has 0 atom stereocenters. The largest absolute Gasteiger partial charge is 0.439 e. The van der Waals surface area contributed by atoms with Crippen LogP contribution in [0.2, 0.25) is 0 Å². The summed E-state index contributed by atoms with van der Waals surface area (Å²) in [5, 5.41) is 2.31. The number of hydrogen-bond acceptors (Lipinski definition) is 5. The first-order chi connectivity index (χ1) is 14.6. The quantitative estimate of drug-likeness (QED) is 0.405. The molecule has 5 nitrogen and oxygen atoms in total. The Labute approximate surface area is 172 Å². The number of hydrogen-bond donors (Lipinski definition) is 0. The van der Waals surface area contributed by atoms with E-state index in [-0.39, 0.29) is 23.7 Å². The molecule has 0 amide bonds. The number of halogens is 2. The number of rotatable bonds is 4. The highest BCUT2D eigenvalue weighted by atomic mass is 32.1. The monoisotopic (exact) mass is 421 g/mol. The van der Waals surface area contributed by atoms with Crippen LogP contribution in [0.4, 0.5) is 8.78 Å². The van der Waals surface area contributed by atoms with E-state index in [1.54, 1.807) is 24.3 Å². The number of benzene rings is 2. The Morgan fingerprint density at radius 2 is 1.60 bits per heavy atom. The van der Waals surface area contributed by atoms with Gasteiger partial charge in [-0.05, 0) is 42.0 Å². The summed E-state index contributed by atoms with van der Waals surface area (Å²) in [4.78, 5) is 22.3. The fourth-order valence-corrected chi connectivity index (χ4v) is 4.11. The third-order valence-electron chi connectivity index (χ3n) is 4.70. The molecule has 5 aromatic rings. The Kier molecular flexibility index (Phi) is 4.48. The van der Waals surface area contributed by atoms with E-state index in [0.717, 1.165) is 5.56 Å². The molecule has 0 spiro atoms. The molecule has 3 aromatic heterocycles. The molecule has 0 saturated carbocycles. The Morgan fingerprint density at radius 3 is 2.30 bits per heavy atom. The molecule has 0 aliphatic rings. The first-order valence-electron chi connectivity index (χ1n) is 9.02. The highest BCUT2D eigenvalue weighted by Crippen LogP contribution is 2.30. The molecule has 0 fully saturated rings. The predicted octanol–water partition coefficient (Wildman–Crippen LogP) is 5.11. The van der Waals surface area contributed by atoms with Gasteiger partial charge in [-0.2, -0.15) is 0 Å². The van der Waals surface area contributed by atoms with Crippen molar-refractivity contribution >= 4 is 21.6 Å².